The summed E-state index contributed by atoms with van der Waals surface area (Å²) in [5.74, 6) is -1.13. The fourth-order valence-electron chi connectivity index (χ4n) is 2.85. The van der Waals surface area contributed by atoms with Crippen LogP contribution in [0.2, 0.25) is 0 Å². The minimum Gasteiger partial charge on any atom is -0.480 e. The topological polar surface area (TPSA) is 105 Å². The molecule has 0 aliphatic carbocycles. The first kappa shape index (κ1) is 18.4. The molecule has 0 saturated carbocycles. The maximum atomic E-state index is 12.5. The largest absolute Gasteiger partial charge is 0.480 e. The van der Waals surface area contributed by atoms with Gasteiger partial charge in [0.25, 0.3) is 11.8 Å². The molecule has 0 aromatic heterocycles. The van der Waals surface area contributed by atoms with Crippen LogP contribution in [0.15, 0.2) is 36.4 Å². The molecule has 2 aromatic rings. The number of benzene rings is 2. The van der Waals surface area contributed by atoms with Crippen molar-refractivity contribution in [3.8, 4) is 5.75 Å². The van der Waals surface area contributed by atoms with Gasteiger partial charge >= 0.3 is 5.97 Å². The summed E-state index contributed by atoms with van der Waals surface area (Å²) in [5, 5.41) is 13.6. The molecule has 140 valence electrons. The molecule has 0 bridgehead atoms. The van der Waals surface area contributed by atoms with Gasteiger partial charge in [0.2, 0.25) is 0 Å². The number of ether oxygens (including phenoxy) is 1. The molecule has 2 aromatic carbocycles. The zero-order valence-corrected chi connectivity index (χ0v) is 15.0. The highest BCUT2D eigenvalue weighted by Gasteiger charge is 2.29. The minimum atomic E-state index is -1.12. The predicted molar refractivity (Wildman–Crippen MR) is 99.1 cm³/mol. The summed E-state index contributed by atoms with van der Waals surface area (Å²) < 4.78 is 5.76. The number of carbonyl (C=O) groups excluding carboxylic acids is 2. The predicted octanol–water partition coefficient (Wildman–Crippen LogP) is 2.06. The Hall–Kier alpha value is -3.35. The van der Waals surface area contributed by atoms with Crippen LogP contribution < -0.4 is 15.4 Å². The Morgan fingerprint density at radius 3 is 2.44 bits per heavy atom. The molecule has 0 fully saturated rings. The van der Waals surface area contributed by atoms with Crippen LogP contribution >= 0.6 is 0 Å². The second-order valence-corrected chi connectivity index (χ2v) is 6.50. The SMILES string of the molecule is Cc1cc2c(cc1C)OC(C(=O)Nc1ccc(C(=O)NCC(=O)O)cc1)C2. The normalized spacial score (nSPS) is 14.8. The molecule has 0 saturated heterocycles. The third kappa shape index (κ3) is 4.25. The van der Waals surface area contributed by atoms with Crippen LogP contribution in [0.1, 0.15) is 27.0 Å². The van der Waals surface area contributed by atoms with Crippen LogP contribution in [0.4, 0.5) is 5.69 Å². The van der Waals surface area contributed by atoms with Gasteiger partial charge in [0.05, 0.1) is 0 Å². The third-order valence-corrected chi connectivity index (χ3v) is 4.46. The number of carboxylic acid groups (broad SMARTS) is 1. The fourth-order valence-corrected chi connectivity index (χ4v) is 2.85. The quantitative estimate of drug-likeness (QED) is 0.749. The van der Waals surface area contributed by atoms with Crippen molar-refractivity contribution < 1.29 is 24.2 Å². The summed E-state index contributed by atoms with van der Waals surface area (Å²) in [6.07, 6.45) is -0.0856. The number of amides is 2. The summed E-state index contributed by atoms with van der Waals surface area (Å²) in [6.45, 7) is 3.58. The zero-order chi connectivity index (χ0) is 19.6. The van der Waals surface area contributed by atoms with Gasteiger partial charge in [-0.2, -0.15) is 0 Å². The molecular formula is C20H20N2O5. The lowest BCUT2D eigenvalue weighted by atomic mass is 10.0. The second kappa shape index (κ2) is 7.49. The summed E-state index contributed by atoms with van der Waals surface area (Å²) in [5.41, 5.74) is 4.14. The van der Waals surface area contributed by atoms with Gasteiger partial charge in [0.1, 0.15) is 12.3 Å². The lowest BCUT2D eigenvalue weighted by molar-refractivity contribution is -0.135. The van der Waals surface area contributed by atoms with E-state index >= 15 is 0 Å². The molecule has 7 heteroatoms. The van der Waals surface area contributed by atoms with Crippen molar-refractivity contribution in [2.24, 2.45) is 0 Å². The molecular weight excluding hydrogens is 348 g/mol. The Balaban J connectivity index is 1.60. The van der Waals surface area contributed by atoms with Crippen molar-refractivity contribution in [2.75, 3.05) is 11.9 Å². The number of rotatable bonds is 5. The maximum Gasteiger partial charge on any atom is 0.322 e. The Labute approximate surface area is 156 Å². The molecule has 1 aliphatic heterocycles. The number of aliphatic carboxylic acids is 1. The van der Waals surface area contributed by atoms with E-state index in [1.165, 1.54) is 12.1 Å². The Bertz CT molecular complexity index is 874. The average Bonchev–Trinajstić information content (AvgIpc) is 3.03. The van der Waals surface area contributed by atoms with E-state index in [1.54, 1.807) is 12.1 Å². The molecule has 1 atom stereocenters. The van der Waals surface area contributed by atoms with E-state index in [0.717, 1.165) is 22.4 Å². The van der Waals surface area contributed by atoms with Gasteiger partial charge in [0.15, 0.2) is 6.10 Å². The summed E-state index contributed by atoms with van der Waals surface area (Å²) in [6, 6.07) is 10.2. The molecule has 1 unspecified atom stereocenters. The van der Waals surface area contributed by atoms with Crippen LogP contribution in [-0.4, -0.2) is 35.5 Å². The Morgan fingerprint density at radius 2 is 1.78 bits per heavy atom. The Kier molecular flexibility index (Phi) is 5.12. The number of fused-ring (bicyclic) bond motifs is 1. The number of aryl methyl sites for hydroxylation is 2. The van der Waals surface area contributed by atoms with Crippen LogP contribution in [0.5, 0.6) is 5.75 Å². The van der Waals surface area contributed by atoms with Gasteiger partial charge in [-0.25, -0.2) is 0 Å². The van der Waals surface area contributed by atoms with E-state index in [4.69, 9.17) is 9.84 Å². The van der Waals surface area contributed by atoms with E-state index in [2.05, 4.69) is 10.6 Å². The highest BCUT2D eigenvalue weighted by molar-refractivity contribution is 5.98. The van der Waals surface area contributed by atoms with Gasteiger partial charge in [0, 0.05) is 17.7 Å². The summed E-state index contributed by atoms with van der Waals surface area (Å²) in [7, 11) is 0. The van der Waals surface area contributed by atoms with Gasteiger partial charge < -0.3 is 20.5 Å². The van der Waals surface area contributed by atoms with E-state index in [0.29, 0.717) is 17.7 Å². The fraction of sp³-hybridized carbons (Fsp3) is 0.250. The smallest absolute Gasteiger partial charge is 0.322 e. The van der Waals surface area contributed by atoms with Gasteiger partial charge in [-0.15, -0.1) is 0 Å². The Morgan fingerprint density at radius 1 is 1.11 bits per heavy atom. The zero-order valence-electron chi connectivity index (χ0n) is 15.0. The molecule has 3 rings (SSSR count). The van der Waals surface area contributed by atoms with Crippen molar-refractivity contribution in [3.05, 3.63) is 58.7 Å². The van der Waals surface area contributed by atoms with E-state index < -0.39 is 24.5 Å². The summed E-state index contributed by atoms with van der Waals surface area (Å²) in [4.78, 5) is 34.7. The van der Waals surface area contributed by atoms with Crippen molar-refractivity contribution in [1.29, 1.82) is 0 Å². The van der Waals surface area contributed by atoms with Crippen molar-refractivity contribution in [1.82, 2.24) is 5.32 Å². The third-order valence-electron chi connectivity index (χ3n) is 4.46. The van der Waals surface area contributed by atoms with Crippen molar-refractivity contribution in [2.45, 2.75) is 26.4 Å². The van der Waals surface area contributed by atoms with E-state index in [1.807, 2.05) is 26.0 Å². The highest BCUT2D eigenvalue weighted by atomic mass is 16.5. The average molecular weight is 368 g/mol. The van der Waals surface area contributed by atoms with Crippen LogP contribution in [0.3, 0.4) is 0 Å². The number of carbonyl (C=O) groups is 3. The number of anilines is 1. The highest BCUT2D eigenvalue weighted by Crippen LogP contribution is 2.31. The molecule has 2 amide bonds. The monoisotopic (exact) mass is 368 g/mol. The van der Waals surface area contributed by atoms with Crippen LogP contribution in [0.25, 0.3) is 0 Å². The number of hydrogen-bond acceptors (Lipinski definition) is 4. The number of nitrogens with one attached hydrogen (secondary N) is 2. The molecule has 0 spiro atoms. The lowest BCUT2D eigenvalue weighted by Crippen LogP contribution is -2.31. The molecule has 27 heavy (non-hydrogen) atoms. The first-order valence-electron chi connectivity index (χ1n) is 8.51. The molecule has 7 nitrogen and oxygen atoms in total. The standard InChI is InChI=1S/C20H20N2O5/c1-11-7-14-9-17(27-16(14)8-12(11)2)20(26)22-15-5-3-13(4-6-15)19(25)21-10-18(23)24/h3-8,17H,9-10H2,1-2H3,(H,21,25)(H,22,26)(H,23,24). The van der Waals surface area contributed by atoms with Crippen LogP contribution in [0, 0.1) is 13.8 Å². The van der Waals surface area contributed by atoms with Crippen molar-refractivity contribution >= 4 is 23.5 Å². The van der Waals surface area contributed by atoms with E-state index in [9.17, 15) is 14.4 Å². The second-order valence-electron chi connectivity index (χ2n) is 6.50. The summed E-state index contributed by atoms with van der Waals surface area (Å²) >= 11 is 0. The molecule has 1 aliphatic rings. The van der Waals surface area contributed by atoms with Gasteiger partial charge in [-0.1, -0.05) is 6.07 Å². The number of hydrogen-bond donors (Lipinski definition) is 3. The van der Waals surface area contributed by atoms with E-state index in [-0.39, 0.29) is 5.91 Å². The van der Waals surface area contributed by atoms with Gasteiger partial charge in [-0.3, -0.25) is 14.4 Å². The molecule has 1 heterocycles. The lowest BCUT2D eigenvalue weighted by Gasteiger charge is -2.12. The van der Waals surface area contributed by atoms with Crippen LogP contribution in [-0.2, 0) is 16.0 Å². The maximum absolute atomic E-state index is 12.5. The molecule has 3 N–H and O–H groups in total. The van der Waals surface area contributed by atoms with Gasteiger partial charge in [-0.05, 0) is 60.9 Å². The molecule has 0 radical (unpaired) electrons. The minimum absolute atomic E-state index is 0.260. The first-order valence-corrected chi connectivity index (χ1v) is 8.51. The first-order chi connectivity index (χ1) is 12.8. The number of carboxylic acids is 1. The van der Waals surface area contributed by atoms with Crippen molar-refractivity contribution in [3.63, 3.8) is 0 Å².